The second kappa shape index (κ2) is 14.0. The van der Waals surface area contributed by atoms with Gasteiger partial charge in [-0.3, -0.25) is 0 Å². The van der Waals surface area contributed by atoms with Gasteiger partial charge in [-0.1, -0.05) is 80.6 Å². The van der Waals surface area contributed by atoms with Gasteiger partial charge in [0.2, 0.25) is 0 Å². The van der Waals surface area contributed by atoms with Crippen molar-refractivity contribution in [3.63, 3.8) is 0 Å². The number of nitriles is 1. The predicted octanol–water partition coefficient (Wildman–Crippen LogP) is 8.06. The van der Waals surface area contributed by atoms with Crippen molar-refractivity contribution in [2.45, 2.75) is 33.6 Å². The molecule has 0 spiro atoms. The number of rotatable bonds is 11. The Balaban J connectivity index is 1.48. The lowest BCUT2D eigenvalue weighted by Crippen LogP contribution is -2.24. The lowest BCUT2D eigenvalue weighted by molar-refractivity contribution is -0.132. The molecule has 0 radical (unpaired) electrons. The van der Waals surface area contributed by atoms with Gasteiger partial charge >= 0.3 is 11.6 Å². The van der Waals surface area contributed by atoms with Crippen molar-refractivity contribution >= 4 is 53.0 Å². The maximum atomic E-state index is 12.9. The number of benzene rings is 3. The molecule has 4 aromatic rings. The number of hydrogen-bond donors (Lipinski definition) is 1. The Morgan fingerprint density at radius 3 is 1.88 bits per heavy atom. The zero-order valence-corrected chi connectivity index (χ0v) is 24.1. The molecule has 1 heterocycles. The summed E-state index contributed by atoms with van der Waals surface area (Å²) in [6, 6.07) is 23.0. The summed E-state index contributed by atoms with van der Waals surface area (Å²) in [5.74, 6) is -1.24. The van der Waals surface area contributed by atoms with Gasteiger partial charge in [-0.15, -0.1) is 0 Å². The van der Waals surface area contributed by atoms with Gasteiger partial charge in [0.05, 0.1) is 5.56 Å². The predicted molar refractivity (Wildman–Crippen MR) is 172 cm³/mol. The van der Waals surface area contributed by atoms with E-state index in [0.717, 1.165) is 59.3 Å². The lowest BCUT2D eigenvalue weighted by atomic mass is 10.0. The van der Waals surface area contributed by atoms with E-state index in [4.69, 9.17) is 14.8 Å². The molecule has 3 aromatic carbocycles. The quantitative estimate of drug-likeness (QED) is 0.0866. The molecule has 1 aromatic heterocycles. The summed E-state index contributed by atoms with van der Waals surface area (Å²) < 4.78 is 5.76. The van der Waals surface area contributed by atoms with Crippen LogP contribution in [0.5, 0.6) is 0 Å². The number of aryl methyl sites for hydroxylation is 1. The lowest BCUT2D eigenvalue weighted by Gasteiger charge is -2.24. The molecule has 0 saturated carbocycles. The van der Waals surface area contributed by atoms with Crippen LogP contribution in [0.4, 0.5) is 5.69 Å². The standard InChI is InChI=1S/C36H34N2O4/c1-4-20-38(21-5-2)31-17-19-32-25(3)33(36(41)42-34(32)23-31)18-16-28-10-8-26(9-11-28)6-7-27-12-14-29(15-13-27)22-30(24-37)35(39)40/h6-19,22-23H,4-5,20-21H2,1-3H3,(H,39,40)/b7-6+,18-16+,30-22?. The van der Waals surface area contributed by atoms with Crippen LogP contribution in [0.25, 0.3) is 41.3 Å². The summed E-state index contributed by atoms with van der Waals surface area (Å²) in [5, 5.41) is 18.8. The highest BCUT2D eigenvalue weighted by Crippen LogP contribution is 2.26. The summed E-state index contributed by atoms with van der Waals surface area (Å²) in [5.41, 5.74) is 6.02. The normalized spacial score (nSPS) is 11.8. The van der Waals surface area contributed by atoms with Crippen LogP contribution in [0, 0.1) is 18.3 Å². The maximum Gasteiger partial charge on any atom is 0.346 e. The fourth-order valence-corrected chi connectivity index (χ4v) is 4.76. The fraction of sp³-hybridized carbons (Fsp3) is 0.194. The third kappa shape index (κ3) is 7.32. The van der Waals surface area contributed by atoms with Gasteiger partial charge in [0.15, 0.2) is 0 Å². The van der Waals surface area contributed by atoms with E-state index < -0.39 is 5.97 Å². The smallest absolute Gasteiger partial charge is 0.346 e. The number of aliphatic carboxylic acids is 1. The Bertz CT molecular complexity index is 1750. The van der Waals surface area contributed by atoms with E-state index in [9.17, 15) is 9.59 Å². The first-order chi connectivity index (χ1) is 20.3. The number of nitrogens with zero attached hydrogens (tertiary/aromatic N) is 2. The number of carboxylic acid groups (broad SMARTS) is 1. The van der Waals surface area contributed by atoms with Crippen LogP contribution in [0.3, 0.4) is 0 Å². The first-order valence-electron chi connectivity index (χ1n) is 14.1. The second-order valence-corrected chi connectivity index (χ2v) is 10.1. The van der Waals surface area contributed by atoms with Crippen molar-refractivity contribution in [1.82, 2.24) is 0 Å². The Kier molecular flexibility index (Phi) is 9.91. The third-order valence-electron chi connectivity index (χ3n) is 6.99. The molecule has 0 fully saturated rings. The van der Waals surface area contributed by atoms with Crippen LogP contribution < -0.4 is 10.5 Å². The van der Waals surface area contributed by atoms with Crippen LogP contribution in [-0.4, -0.2) is 24.2 Å². The van der Waals surface area contributed by atoms with E-state index in [1.165, 1.54) is 6.08 Å². The highest BCUT2D eigenvalue weighted by molar-refractivity contribution is 5.96. The molecule has 0 saturated heterocycles. The molecule has 0 unspecified atom stereocenters. The summed E-state index contributed by atoms with van der Waals surface area (Å²) in [6.07, 6.45) is 11.1. The van der Waals surface area contributed by atoms with Crippen molar-refractivity contribution in [2.75, 3.05) is 18.0 Å². The van der Waals surface area contributed by atoms with Crippen LogP contribution >= 0.6 is 0 Å². The Labute approximate surface area is 246 Å². The molecule has 0 bridgehead atoms. The first kappa shape index (κ1) is 29.8. The third-order valence-corrected chi connectivity index (χ3v) is 6.99. The molecule has 6 nitrogen and oxygen atoms in total. The minimum atomic E-state index is -1.24. The van der Waals surface area contributed by atoms with Gasteiger partial charge in [0.1, 0.15) is 17.2 Å². The first-order valence-corrected chi connectivity index (χ1v) is 14.1. The average molecular weight is 559 g/mol. The van der Waals surface area contributed by atoms with E-state index in [1.54, 1.807) is 18.2 Å². The molecular formula is C36H34N2O4. The molecule has 212 valence electrons. The van der Waals surface area contributed by atoms with E-state index in [0.29, 0.717) is 16.7 Å². The summed E-state index contributed by atoms with van der Waals surface area (Å²) in [7, 11) is 0. The van der Waals surface area contributed by atoms with Gasteiger partial charge < -0.3 is 14.4 Å². The molecule has 0 aliphatic heterocycles. The number of carbonyl (C=O) groups is 1. The minimum absolute atomic E-state index is 0.306. The second-order valence-electron chi connectivity index (χ2n) is 10.1. The Morgan fingerprint density at radius 1 is 0.857 bits per heavy atom. The Morgan fingerprint density at radius 2 is 1.38 bits per heavy atom. The monoisotopic (exact) mass is 558 g/mol. The highest BCUT2D eigenvalue weighted by Gasteiger charge is 2.12. The molecule has 1 N–H and O–H groups in total. The van der Waals surface area contributed by atoms with Crippen molar-refractivity contribution in [1.29, 1.82) is 5.26 Å². The molecule has 42 heavy (non-hydrogen) atoms. The molecule has 0 amide bonds. The van der Waals surface area contributed by atoms with Crippen molar-refractivity contribution < 1.29 is 14.3 Å². The van der Waals surface area contributed by atoms with Crippen molar-refractivity contribution in [2.24, 2.45) is 0 Å². The van der Waals surface area contributed by atoms with Crippen LogP contribution in [0.2, 0.25) is 0 Å². The number of carboxylic acids is 1. The molecule has 0 aliphatic carbocycles. The molecule has 0 aliphatic rings. The number of anilines is 1. The average Bonchev–Trinajstić information content (AvgIpc) is 2.99. The van der Waals surface area contributed by atoms with Gasteiger partial charge in [-0.05, 0) is 71.9 Å². The molecule has 0 atom stereocenters. The largest absolute Gasteiger partial charge is 0.477 e. The van der Waals surface area contributed by atoms with E-state index in [-0.39, 0.29) is 11.2 Å². The minimum Gasteiger partial charge on any atom is -0.477 e. The topological polar surface area (TPSA) is 94.5 Å². The van der Waals surface area contributed by atoms with E-state index in [1.807, 2.05) is 79.8 Å². The van der Waals surface area contributed by atoms with E-state index in [2.05, 4.69) is 24.8 Å². The van der Waals surface area contributed by atoms with Crippen LogP contribution in [-0.2, 0) is 4.79 Å². The highest BCUT2D eigenvalue weighted by atomic mass is 16.4. The molecule has 4 rings (SSSR count). The van der Waals surface area contributed by atoms with Crippen LogP contribution in [0.15, 0.2) is 81.5 Å². The fourth-order valence-electron chi connectivity index (χ4n) is 4.76. The van der Waals surface area contributed by atoms with Gasteiger partial charge in [0.25, 0.3) is 0 Å². The number of hydrogen-bond acceptors (Lipinski definition) is 5. The summed E-state index contributed by atoms with van der Waals surface area (Å²) >= 11 is 0. The van der Waals surface area contributed by atoms with Gasteiger partial charge in [0, 0.05) is 30.2 Å². The Hall–Kier alpha value is -5.15. The summed E-state index contributed by atoms with van der Waals surface area (Å²) in [4.78, 5) is 26.3. The zero-order chi connectivity index (χ0) is 30.1. The molecule has 6 heteroatoms. The zero-order valence-electron chi connectivity index (χ0n) is 24.1. The summed E-state index contributed by atoms with van der Waals surface area (Å²) in [6.45, 7) is 8.21. The van der Waals surface area contributed by atoms with Gasteiger partial charge in [-0.2, -0.15) is 5.26 Å². The van der Waals surface area contributed by atoms with E-state index >= 15 is 0 Å². The van der Waals surface area contributed by atoms with Crippen molar-refractivity contribution in [3.05, 3.63) is 116 Å². The van der Waals surface area contributed by atoms with Crippen molar-refractivity contribution in [3.8, 4) is 6.07 Å². The van der Waals surface area contributed by atoms with Gasteiger partial charge in [-0.25, -0.2) is 9.59 Å². The maximum absolute atomic E-state index is 12.9. The van der Waals surface area contributed by atoms with Crippen LogP contribution in [0.1, 0.15) is 60.1 Å². The SMILES string of the molecule is CCCN(CCC)c1ccc2c(C)c(/C=C/c3ccc(/C=C/c4ccc(C=C(C#N)C(=O)O)cc4)cc3)c(=O)oc2c1. The number of fused-ring (bicyclic) bond motifs is 1. The molecular weight excluding hydrogens is 524 g/mol.